The van der Waals surface area contributed by atoms with Gasteiger partial charge >= 0.3 is 0 Å². The van der Waals surface area contributed by atoms with E-state index in [1.165, 1.54) is 0 Å². The first-order chi connectivity index (χ1) is 3.27. The fraction of sp³-hybridized carbons (Fsp3) is 0.600. The van der Waals surface area contributed by atoms with Crippen molar-refractivity contribution < 1.29 is 0 Å². The number of alkyl halides is 1. The first-order valence-corrected chi connectivity index (χ1v) is 2.63. The lowest BCUT2D eigenvalue weighted by atomic mass is 10.5. The van der Waals surface area contributed by atoms with E-state index in [0.29, 0.717) is 12.4 Å². The minimum atomic E-state index is 0.616. The Hall–Kier alpha value is 0.250. The molecule has 0 N–H and O–H groups in total. The van der Waals surface area contributed by atoms with Crippen LogP contribution < -0.4 is 0 Å². The van der Waals surface area contributed by atoms with E-state index in [-0.39, 0.29) is 0 Å². The van der Waals surface area contributed by atoms with Gasteiger partial charge < -0.3 is 0 Å². The maximum absolute atomic E-state index is 5.31. The summed E-state index contributed by atoms with van der Waals surface area (Å²) in [4.78, 5) is 1.13. The van der Waals surface area contributed by atoms with Crippen LogP contribution in [0.25, 0.3) is 0 Å². The quantitative estimate of drug-likeness (QED) is 0.397. The van der Waals surface area contributed by atoms with E-state index in [2.05, 4.69) is 0 Å². The van der Waals surface area contributed by atoms with Crippen molar-refractivity contribution in [2.75, 3.05) is 12.4 Å². The Bertz CT molecular complexity index is 37.1. The summed E-state index contributed by atoms with van der Waals surface area (Å²) in [6, 6.07) is 0. The number of hydrogen-bond donors (Lipinski definition) is 0. The molecule has 0 bridgehead atoms. The molecule has 0 spiro atoms. The molecule has 0 saturated heterocycles. The molecule has 0 fully saturated rings. The standard InChI is InChI=1S/C5H8ClN/c1-7(2)5-3-4-6/h1-2H,3-5H2. The number of hydrogen-bond acceptors (Lipinski definition) is 1. The summed E-state index contributed by atoms with van der Waals surface area (Å²) >= 11 is 5.31. The smallest absolute Gasteiger partial charge is 0.0443 e. The maximum Gasteiger partial charge on any atom is 0.0443 e. The molecule has 0 amide bonds. The van der Waals surface area contributed by atoms with Gasteiger partial charge in [0.2, 0.25) is 0 Å². The van der Waals surface area contributed by atoms with Crippen molar-refractivity contribution in [3.05, 3.63) is 14.1 Å². The van der Waals surface area contributed by atoms with Crippen LogP contribution in [-0.4, -0.2) is 17.3 Å². The van der Waals surface area contributed by atoms with Gasteiger partial charge in [-0.1, -0.05) is 0 Å². The first-order valence-electron chi connectivity index (χ1n) is 2.10. The molecule has 2 heteroatoms. The molecule has 1 nitrogen and oxygen atoms in total. The van der Waals surface area contributed by atoms with Crippen molar-refractivity contribution in [2.45, 2.75) is 6.42 Å². The second-order valence-corrected chi connectivity index (χ2v) is 1.66. The molecule has 0 aromatic heterocycles. The summed E-state index contributed by atoms with van der Waals surface area (Å²) in [5, 5.41) is 0. The summed E-state index contributed by atoms with van der Waals surface area (Å²) in [6.45, 7) is 0.656. The zero-order valence-electron chi connectivity index (χ0n) is 4.10. The van der Waals surface area contributed by atoms with Crippen LogP contribution in [0, 0.1) is 14.1 Å². The normalized spacial score (nSPS) is 10.3. The van der Waals surface area contributed by atoms with E-state index >= 15 is 0 Å². The zero-order chi connectivity index (χ0) is 5.70. The summed E-state index contributed by atoms with van der Waals surface area (Å²) < 4.78 is 0. The Morgan fingerprint density at radius 3 is 2.14 bits per heavy atom. The lowest BCUT2D eigenvalue weighted by Gasteiger charge is -2.03. The molecule has 0 aliphatic rings. The summed E-state index contributed by atoms with van der Waals surface area (Å²) in [7, 11) is 10.1. The van der Waals surface area contributed by atoms with Crippen molar-refractivity contribution in [1.29, 1.82) is 0 Å². The molecule has 7 heavy (non-hydrogen) atoms. The summed E-state index contributed by atoms with van der Waals surface area (Å²) in [5.41, 5.74) is 0. The average molecular weight is 118 g/mol. The molecule has 0 unspecified atom stereocenters. The third kappa shape index (κ3) is 6.25. The van der Waals surface area contributed by atoms with Gasteiger partial charge in [0.25, 0.3) is 0 Å². The van der Waals surface area contributed by atoms with Gasteiger partial charge in [-0.15, -0.1) is 11.6 Å². The molecular formula is C5H8ClN. The minimum absolute atomic E-state index is 0.616. The van der Waals surface area contributed by atoms with Gasteiger partial charge in [-0.25, -0.2) is 0 Å². The van der Waals surface area contributed by atoms with Crippen molar-refractivity contribution in [3.63, 3.8) is 0 Å². The highest BCUT2D eigenvalue weighted by Gasteiger charge is 1.86. The van der Waals surface area contributed by atoms with Crippen molar-refractivity contribution in [3.8, 4) is 0 Å². The van der Waals surface area contributed by atoms with Gasteiger partial charge in [0.05, 0.1) is 0 Å². The van der Waals surface area contributed by atoms with Crippen LogP contribution in [0.15, 0.2) is 0 Å². The van der Waals surface area contributed by atoms with E-state index in [4.69, 9.17) is 25.7 Å². The van der Waals surface area contributed by atoms with Gasteiger partial charge in [0, 0.05) is 26.5 Å². The van der Waals surface area contributed by atoms with Crippen molar-refractivity contribution in [1.82, 2.24) is 4.90 Å². The second-order valence-electron chi connectivity index (χ2n) is 1.28. The van der Waals surface area contributed by atoms with Crippen molar-refractivity contribution >= 4 is 11.6 Å². The van der Waals surface area contributed by atoms with E-state index in [9.17, 15) is 0 Å². The Morgan fingerprint density at radius 1 is 1.43 bits per heavy atom. The molecule has 0 aromatic carbocycles. The molecule has 0 rings (SSSR count). The van der Waals surface area contributed by atoms with Gasteiger partial charge in [0.1, 0.15) is 0 Å². The van der Waals surface area contributed by atoms with Gasteiger partial charge in [-0.3, -0.25) is 4.90 Å². The van der Waals surface area contributed by atoms with E-state index in [0.717, 1.165) is 11.3 Å². The summed E-state index contributed by atoms with van der Waals surface area (Å²) in [5.74, 6) is 0.616. The number of halogens is 1. The highest BCUT2D eigenvalue weighted by Crippen LogP contribution is 1.87. The van der Waals surface area contributed by atoms with Crippen LogP contribution in [0.2, 0.25) is 0 Å². The van der Waals surface area contributed by atoms with E-state index in [1.807, 2.05) is 0 Å². The van der Waals surface area contributed by atoms with E-state index in [1.54, 1.807) is 0 Å². The van der Waals surface area contributed by atoms with Crippen LogP contribution in [0.4, 0.5) is 0 Å². The molecule has 0 saturated carbocycles. The van der Waals surface area contributed by atoms with Gasteiger partial charge in [0.15, 0.2) is 0 Å². The van der Waals surface area contributed by atoms with Crippen LogP contribution in [-0.2, 0) is 0 Å². The Morgan fingerprint density at radius 2 is 2.00 bits per heavy atom. The highest BCUT2D eigenvalue weighted by atomic mass is 35.5. The molecule has 0 aromatic rings. The maximum atomic E-state index is 5.31. The van der Waals surface area contributed by atoms with Gasteiger partial charge in [-0.05, 0) is 6.42 Å². The molecule has 0 aliphatic heterocycles. The first kappa shape index (κ1) is 7.25. The predicted octanol–water partition coefficient (Wildman–Crippen LogP) is 1.25. The third-order valence-corrected chi connectivity index (χ3v) is 0.817. The van der Waals surface area contributed by atoms with Crippen LogP contribution >= 0.6 is 11.6 Å². The van der Waals surface area contributed by atoms with Crippen LogP contribution in [0.3, 0.4) is 0 Å². The Kier molecular flexibility index (Phi) is 4.57. The van der Waals surface area contributed by atoms with Gasteiger partial charge in [-0.2, -0.15) is 0 Å². The van der Waals surface area contributed by atoms with Crippen LogP contribution in [0.5, 0.6) is 0 Å². The Balaban J connectivity index is 2.68. The third-order valence-electron chi connectivity index (χ3n) is 0.550. The number of nitrogens with zero attached hydrogens (tertiary/aromatic N) is 1. The molecule has 0 atom stereocenters. The molecular weight excluding hydrogens is 110 g/mol. The second kappa shape index (κ2) is 4.41. The lowest BCUT2D eigenvalue weighted by molar-refractivity contribution is 0.492. The largest absolute Gasteiger partial charge is 0.291 e. The fourth-order valence-electron chi connectivity index (χ4n) is 0.242. The zero-order valence-corrected chi connectivity index (χ0v) is 4.86. The molecule has 0 heterocycles. The predicted molar refractivity (Wildman–Crippen MR) is 30.6 cm³/mol. The topological polar surface area (TPSA) is 3.24 Å². The highest BCUT2D eigenvalue weighted by molar-refractivity contribution is 6.17. The molecule has 40 valence electrons. The minimum Gasteiger partial charge on any atom is -0.291 e. The lowest BCUT2D eigenvalue weighted by Crippen LogP contribution is -2.07. The van der Waals surface area contributed by atoms with Crippen LogP contribution in [0.1, 0.15) is 6.42 Å². The SMILES string of the molecule is [CH]N([CH])CCCCl. The fourth-order valence-corrected chi connectivity index (χ4v) is 0.362. The average Bonchev–Trinajstić information content (AvgIpc) is 1.61. The van der Waals surface area contributed by atoms with Crippen molar-refractivity contribution in [2.24, 2.45) is 0 Å². The number of rotatable bonds is 3. The van der Waals surface area contributed by atoms with E-state index < -0.39 is 0 Å². The monoisotopic (exact) mass is 117 g/mol. The Labute approximate surface area is 50.3 Å². The summed E-state index contributed by atoms with van der Waals surface area (Å²) in [6.07, 6.45) is 0.842. The molecule has 4 radical (unpaired) electrons. The molecule has 0 aliphatic carbocycles.